The summed E-state index contributed by atoms with van der Waals surface area (Å²) in [7, 11) is 1.74. The van der Waals surface area contributed by atoms with E-state index in [4.69, 9.17) is 5.11 Å². The van der Waals surface area contributed by atoms with Crippen LogP contribution in [0.15, 0.2) is 35.8 Å². The van der Waals surface area contributed by atoms with Crippen molar-refractivity contribution in [1.29, 1.82) is 0 Å². The van der Waals surface area contributed by atoms with Gasteiger partial charge in [0.1, 0.15) is 11.5 Å². The van der Waals surface area contributed by atoms with Crippen LogP contribution in [0.4, 0.5) is 0 Å². The van der Waals surface area contributed by atoms with Crippen LogP contribution in [0.25, 0.3) is 0 Å². The van der Waals surface area contributed by atoms with Crippen LogP contribution in [0.3, 0.4) is 0 Å². The molecule has 2 heterocycles. The molecule has 0 fully saturated rings. The topological polar surface area (TPSA) is 53.4 Å². The van der Waals surface area contributed by atoms with Crippen molar-refractivity contribution >= 4 is 17.2 Å². The van der Waals surface area contributed by atoms with Crippen molar-refractivity contribution in [2.75, 3.05) is 13.7 Å². The van der Waals surface area contributed by atoms with Gasteiger partial charge in [0.25, 0.3) is 5.91 Å². The first-order chi connectivity index (χ1) is 9.72. The van der Waals surface area contributed by atoms with Crippen LogP contribution in [0, 0.1) is 11.8 Å². The number of carbonyl (C=O) groups is 1. The Labute approximate surface area is 121 Å². The molecule has 0 radical (unpaired) electrons. The predicted molar refractivity (Wildman–Crippen MR) is 78.3 cm³/mol. The van der Waals surface area contributed by atoms with Gasteiger partial charge in [0.15, 0.2) is 0 Å². The van der Waals surface area contributed by atoms with E-state index in [1.807, 2.05) is 23.6 Å². The van der Waals surface area contributed by atoms with E-state index >= 15 is 0 Å². The van der Waals surface area contributed by atoms with Crippen LogP contribution in [0.2, 0.25) is 0 Å². The van der Waals surface area contributed by atoms with E-state index in [0.717, 1.165) is 5.69 Å². The summed E-state index contributed by atoms with van der Waals surface area (Å²) < 4.78 is 0. The van der Waals surface area contributed by atoms with Gasteiger partial charge < -0.3 is 10.0 Å². The first-order valence-corrected chi connectivity index (χ1v) is 6.93. The SMILES string of the molecule is CN(Cc1ccccn1)C(=O)c1sccc1C#CCO. The lowest BCUT2D eigenvalue weighted by Gasteiger charge is -2.16. The number of aliphatic hydroxyl groups excluding tert-OH is 1. The predicted octanol–water partition coefficient (Wildman–Crippen LogP) is 1.76. The molecule has 0 aromatic carbocycles. The monoisotopic (exact) mass is 286 g/mol. The summed E-state index contributed by atoms with van der Waals surface area (Å²) in [5.74, 6) is 5.26. The van der Waals surface area contributed by atoms with Crippen molar-refractivity contribution in [1.82, 2.24) is 9.88 Å². The van der Waals surface area contributed by atoms with Gasteiger partial charge in [-0.15, -0.1) is 11.3 Å². The third-order valence-electron chi connectivity index (χ3n) is 2.63. The average Bonchev–Trinajstić information content (AvgIpc) is 2.93. The maximum absolute atomic E-state index is 12.4. The molecule has 0 aliphatic rings. The second-order valence-corrected chi connectivity index (χ2v) is 5.02. The van der Waals surface area contributed by atoms with Crippen molar-refractivity contribution in [2.24, 2.45) is 0 Å². The lowest BCUT2D eigenvalue weighted by molar-refractivity contribution is 0.0788. The maximum Gasteiger partial charge on any atom is 0.265 e. The minimum Gasteiger partial charge on any atom is -0.384 e. The number of rotatable bonds is 3. The smallest absolute Gasteiger partial charge is 0.265 e. The van der Waals surface area contributed by atoms with Crippen LogP contribution in [0.5, 0.6) is 0 Å². The molecule has 20 heavy (non-hydrogen) atoms. The van der Waals surface area contributed by atoms with E-state index in [9.17, 15) is 4.79 Å². The molecule has 2 aromatic heterocycles. The molecule has 0 bridgehead atoms. The van der Waals surface area contributed by atoms with Gasteiger partial charge >= 0.3 is 0 Å². The summed E-state index contributed by atoms with van der Waals surface area (Å²) in [4.78, 5) is 18.8. The molecular weight excluding hydrogens is 272 g/mol. The van der Waals surface area contributed by atoms with Gasteiger partial charge in [-0.1, -0.05) is 17.9 Å². The van der Waals surface area contributed by atoms with Crippen molar-refractivity contribution in [3.05, 3.63) is 52.0 Å². The van der Waals surface area contributed by atoms with Gasteiger partial charge in [-0.2, -0.15) is 0 Å². The van der Waals surface area contributed by atoms with Gasteiger partial charge in [0.2, 0.25) is 0 Å². The van der Waals surface area contributed by atoms with Crippen molar-refractivity contribution in [2.45, 2.75) is 6.54 Å². The van der Waals surface area contributed by atoms with Crippen molar-refractivity contribution in [3.8, 4) is 11.8 Å². The number of thiophene rings is 1. The molecule has 1 amide bonds. The molecular formula is C15H14N2O2S. The molecule has 102 valence electrons. The summed E-state index contributed by atoms with van der Waals surface area (Å²) in [5.41, 5.74) is 1.49. The van der Waals surface area contributed by atoms with E-state index in [-0.39, 0.29) is 12.5 Å². The van der Waals surface area contributed by atoms with Crippen LogP contribution in [-0.4, -0.2) is 34.6 Å². The molecule has 1 N–H and O–H groups in total. The average molecular weight is 286 g/mol. The number of hydrogen-bond donors (Lipinski definition) is 1. The molecule has 0 aliphatic carbocycles. The van der Waals surface area contributed by atoms with Crippen LogP contribution >= 0.6 is 11.3 Å². The lowest BCUT2D eigenvalue weighted by atomic mass is 10.2. The second kappa shape index (κ2) is 6.85. The second-order valence-electron chi connectivity index (χ2n) is 4.11. The highest BCUT2D eigenvalue weighted by atomic mass is 32.1. The molecule has 4 nitrogen and oxygen atoms in total. The highest BCUT2D eigenvalue weighted by Crippen LogP contribution is 2.18. The van der Waals surface area contributed by atoms with Gasteiger partial charge in [-0.05, 0) is 23.6 Å². The summed E-state index contributed by atoms with van der Waals surface area (Å²) in [6.45, 7) is 0.234. The molecule has 0 aliphatic heterocycles. The van der Waals surface area contributed by atoms with Gasteiger partial charge in [0, 0.05) is 18.8 Å². The molecule has 2 aromatic rings. The zero-order valence-electron chi connectivity index (χ0n) is 11.0. The fraction of sp³-hybridized carbons (Fsp3) is 0.200. The molecule has 0 saturated carbocycles. The molecule has 0 saturated heterocycles. The van der Waals surface area contributed by atoms with E-state index in [0.29, 0.717) is 17.0 Å². The Bertz CT molecular complexity index is 641. The third-order valence-corrected chi connectivity index (χ3v) is 3.54. The zero-order valence-corrected chi connectivity index (χ0v) is 11.9. The first kappa shape index (κ1) is 14.3. The largest absolute Gasteiger partial charge is 0.384 e. The summed E-state index contributed by atoms with van der Waals surface area (Å²) in [6.07, 6.45) is 1.71. The van der Waals surface area contributed by atoms with E-state index in [1.54, 1.807) is 24.2 Å². The van der Waals surface area contributed by atoms with E-state index < -0.39 is 0 Å². The van der Waals surface area contributed by atoms with Crippen LogP contribution in [0.1, 0.15) is 20.9 Å². The number of pyridine rings is 1. The summed E-state index contributed by atoms with van der Waals surface area (Å²) in [5, 5.41) is 10.5. The number of hydrogen-bond acceptors (Lipinski definition) is 4. The fourth-order valence-corrected chi connectivity index (χ4v) is 2.53. The number of amides is 1. The summed E-state index contributed by atoms with van der Waals surface area (Å²) in [6, 6.07) is 7.40. The Morgan fingerprint density at radius 3 is 3.00 bits per heavy atom. The van der Waals surface area contributed by atoms with Crippen LogP contribution in [-0.2, 0) is 6.54 Å². The molecule has 2 rings (SSSR count). The number of aromatic nitrogens is 1. The first-order valence-electron chi connectivity index (χ1n) is 6.05. The number of carbonyl (C=O) groups excluding carboxylic acids is 1. The summed E-state index contributed by atoms with van der Waals surface area (Å²) >= 11 is 1.35. The molecule has 5 heteroatoms. The molecule has 0 spiro atoms. The molecule has 0 unspecified atom stereocenters. The fourth-order valence-electron chi connectivity index (χ4n) is 1.69. The zero-order chi connectivity index (χ0) is 14.4. The number of nitrogens with zero attached hydrogens (tertiary/aromatic N) is 2. The highest BCUT2D eigenvalue weighted by molar-refractivity contribution is 7.12. The Hall–Kier alpha value is -2.16. The van der Waals surface area contributed by atoms with E-state index in [1.165, 1.54) is 11.3 Å². The van der Waals surface area contributed by atoms with Gasteiger partial charge in [-0.25, -0.2) is 0 Å². The highest BCUT2D eigenvalue weighted by Gasteiger charge is 2.17. The Morgan fingerprint density at radius 1 is 1.45 bits per heavy atom. The van der Waals surface area contributed by atoms with Crippen LogP contribution < -0.4 is 0 Å². The quantitative estimate of drug-likeness (QED) is 0.875. The van der Waals surface area contributed by atoms with E-state index in [2.05, 4.69) is 16.8 Å². The van der Waals surface area contributed by atoms with Crippen molar-refractivity contribution < 1.29 is 9.90 Å². The van der Waals surface area contributed by atoms with Gasteiger partial charge in [0.05, 0.1) is 12.2 Å². The number of aliphatic hydroxyl groups is 1. The minimum absolute atomic E-state index is 0.0899. The lowest BCUT2D eigenvalue weighted by Crippen LogP contribution is -2.26. The minimum atomic E-state index is -0.215. The maximum atomic E-state index is 12.4. The normalized spacial score (nSPS) is 9.70. The molecule has 0 atom stereocenters. The Balaban J connectivity index is 2.13. The van der Waals surface area contributed by atoms with Crippen molar-refractivity contribution in [3.63, 3.8) is 0 Å². The standard InChI is InChI=1S/C15H14N2O2S/c1-17(11-13-6-2-3-8-16-13)15(19)14-12(5-4-9-18)7-10-20-14/h2-3,6-8,10,18H,9,11H2,1H3. The Kier molecular flexibility index (Phi) is 4.88. The van der Waals surface area contributed by atoms with Gasteiger partial charge in [-0.3, -0.25) is 9.78 Å². The third kappa shape index (κ3) is 3.44. The Morgan fingerprint density at radius 2 is 2.30 bits per heavy atom.